The second kappa shape index (κ2) is 7.61. The molecule has 1 fully saturated rings. The highest BCUT2D eigenvalue weighted by molar-refractivity contribution is 7.89. The maximum atomic E-state index is 13.1. The van der Waals surface area contributed by atoms with Crippen LogP contribution in [0, 0.1) is 0 Å². The number of carbonyl (C=O) groups excluding carboxylic acids is 2. The zero-order valence-electron chi connectivity index (χ0n) is 14.8. The molecule has 1 aliphatic rings. The van der Waals surface area contributed by atoms with Crippen molar-refractivity contribution in [2.75, 3.05) is 6.54 Å². The van der Waals surface area contributed by atoms with E-state index in [-0.39, 0.29) is 30.9 Å². The number of H-pyrrole nitrogens is 1. The molecule has 0 saturated carbocycles. The molecule has 1 aromatic carbocycles. The summed E-state index contributed by atoms with van der Waals surface area (Å²) in [5.41, 5.74) is -0.635. The van der Waals surface area contributed by atoms with Crippen LogP contribution in [-0.2, 0) is 26.2 Å². The lowest BCUT2D eigenvalue weighted by molar-refractivity contribution is -0.148. The standard InChI is InChI=1S/C15H18N6O6S/c1-15(14(23)18-24)12(22)3-2-8-21(15)28(25,26)11-6-4-10(5-7-11)27-9-13-16-19-20-17-13/h4-7,24H,2-3,8-9H2,1H3,(H,18,23)(H,16,17,19,20)/t15-/m1/s1. The minimum Gasteiger partial charge on any atom is -0.485 e. The van der Waals surface area contributed by atoms with Crippen LogP contribution in [0.5, 0.6) is 5.75 Å². The van der Waals surface area contributed by atoms with Crippen LogP contribution in [0.2, 0.25) is 0 Å². The van der Waals surface area contributed by atoms with Crippen LogP contribution in [-0.4, -0.2) is 62.3 Å². The predicted molar refractivity (Wildman–Crippen MR) is 91.4 cm³/mol. The predicted octanol–water partition coefficient (Wildman–Crippen LogP) is -0.604. The maximum Gasteiger partial charge on any atom is 0.272 e. The molecule has 2 heterocycles. The van der Waals surface area contributed by atoms with Gasteiger partial charge in [0.25, 0.3) is 5.91 Å². The average Bonchev–Trinajstić information content (AvgIpc) is 3.21. The number of nitrogens with zero attached hydrogens (tertiary/aromatic N) is 4. The molecule has 150 valence electrons. The zero-order chi connectivity index (χ0) is 20.4. The molecule has 3 N–H and O–H groups in total. The summed E-state index contributed by atoms with van der Waals surface area (Å²) in [4.78, 5) is 24.3. The van der Waals surface area contributed by atoms with Gasteiger partial charge in [-0.3, -0.25) is 14.8 Å². The summed E-state index contributed by atoms with van der Waals surface area (Å²) < 4.78 is 32.4. The molecule has 1 amide bonds. The summed E-state index contributed by atoms with van der Waals surface area (Å²) in [6.07, 6.45) is 0.317. The average molecular weight is 410 g/mol. The van der Waals surface area contributed by atoms with Gasteiger partial charge in [-0.2, -0.15) is 9.52 Å². The van der Waals surface area contributed by atoms with Crippen LogP contribution >= 0.6 is 0 Å². The van der Waals surface area contributed by atoms with Crippen molar-refractivity contribution in [3.05, 3.63) is 30.1 Å². The van der Waals surface area contributed by atoms with Crippen LogP contribution in [0.15, 0.2) is 29.2 Å². The number of aromatic nitrogens is 4. The minimum absolute atomic E-state index is 0.0337. The summed E-state index contributed by atoms with van der Waals surface area (Å²) in [7, 11) is -4.19. The Morgan fingerprint density at radius 3 is 2.71 bits per heavy atom. The Morgan fingerprint density at radius 1 is 1.39 bits per heavy atom. The molecule has 3 rings (SSSR count). The smallest absolute Gasteiger partial charge is 0.272 e. The van der Waals surface area contributed by atoms with Gasteiger partial charge in [-0.05, 0) is 37.6 Å². The number of aromatic amines is 1. The summed E-state index contributed by atoms with van der Waals surface area (Å²) in [5.74, 6) is -0.988. The normalized spacial score (nSPS) is 20.7. The van der Waals surface area contributed by atoms with E-state index in [1.807, 2.05) is 0 Å². The molecular weight excluding hydrogens is 392 g/mol. The van der Waals surface area contributed by atoms with Crippen molar-refractivity contribution in [1.82, 2.24) is 30.4 Å². The van der Waals surface area contributed by atoms with Crippen molar-refractivity contribution in [2.45, 2.75) is 36.8 Å². The van der Waals surface area contributed by atoms with Crippen LogP contribution in [0.4, 0.5) is 0 Å². The number of rotatable bonds is 6. The van der Waals surface area contributed by atoms with E-state index in [1.54, 1.807) is 0 Å². The number of nitrogens with one attached hydrogen (secondary N) is 2. The minimum atomic E-state index is -4.19. The molecule has 0 unspecified atom stereocenters. The van der Waals surface area contributed by atoms with E-state index in [1.165, 1.54) is 36.7 Å². The van der Waals surface area contributed by atoms with Crippen LogP contribution < -0.4 is 10.2 Å². The summed E-state index contributed by atoms with van der Waals surface area (Å²) in [6, 6.07) is 5.47. The van der Waals surface area contributed by atoms with Gasteiger partial charge >= 0.3 is 0 Å². The van der Waals surface area contributed by atoms with Gasteiger partial charge in [-0.1, -0.05) is 5.21 Å². The fourth-order valence-corrected chi connectivity index (χ4v) is 4.69. The van der Waals surface area contributed by atoms with Crippen LogP contribution in [0.1, 0.15) is 25.6 Å². The molecule has 1 aliphatic heterocycles. The fourth-order valence-electron chi connectivity index (χ4n) is 2.93. The summed E-state index contributed by atoms with van der Waals surface area (Å²) in [5, 5.41) is 22.1. The first-order chi connectivity index (χ1) is 13.3. The van der Waals surface area contributed by atoms with Crippen LogP contribution in [0.3, 0.4) is 0 Å². The van der Waals surface area contributed by atoms with E-state index >= 15 is 0 Å². The van der Waals surface area contributed by atoms with E-state index in [9.17, 15) is 18.0 Å². The number of carbonyl (C=O) groups is 2. The fraction of sp³-hybridized carbons (Fsp3) is 0.400. The van der Waals surface area contributed by atoms with Gasteiger partial charge in [0.05, 0.1) is 4.90 Å². The topological polar surface area (TPSA) is 167 Å². The van der Waals surface area contributed by atoms with Gasteiger partial charge in [-0.15, -0.1) is 10.2 Å². The van der Waals surface area contributed by atoms with E-state index < -0.39 is 27.3 Å². The van der Waals surface area contributed by atoms with Gasteiger partial charge < -0.3 is 4.74 Å². The number of piperidine rings is 1. The first-order valence-corrected chi connectivity index (χ1v) is 9.70. The van der Waals surface area contributed by atoms with Gasteiger partial charge in [0.15, 0.2) is 17.9 Å². The van der Waals surface area contributed by atoms with E-state index in [0.717, 1.165) is 4.31 Å². The highest BCUT2D eigenvalue weighted by Crippen LogP contribution is 2.32. The van der Waals surface area contributed by atoms with E-state index in [2.05, 4.69) is 20.6 Å². The number of hydrogen-bond donors (Lipinski definition) is 3. The van der Waals surface area contributed by atoms with Gasteiger partial charge in [0.2, 0.25) is 15.8 Å². The van der Waals surface area contributed by atoms with Gasteiger partial charge in [0, 0.05) is 13.0 Å². The molecule has 0 radical (unpaired) electrons. The highest BCUT2D eigenvalue weighted by atomic mass is 32.2. The Morgan fingerprint density at radius 2 is 2.11 bits per heavy atom. The molecule has 28 heavy (non-hydrogen) atoms. The Bertz CT molecular complexity index is 951. The highest BCUT2D eigenvalue weighted by Gasteiger charge is 2.53. The molecule has 1 aromatic heterocycles. The molecule has 0 aliphatic carbocycles. The second-order valence-corrected chi connectivity index (χ2v) is 8.07. The number of Topliss-reactive ketones (excluding diaryl/α,β-unsaturated/α-hetero) is 1. The quantitative estimate of drug-likeness (QED) is 0.320. The SMILES string of the molecule is C[C@]1(C(=O)NO)C(=O)CCCN1S(=O)(=O)c1ccc(OCc2nn[nH]n2)cc1. The molecular formula is C15H18N6O6S. The van der Waals surface area contributed by atoms with Crippen molar-refractivity contribution in [1.29, 1.82) is 0 Å². The van der Waals surface area contributed by atoms with Gasteiger partial charge in [-0.25, -0.2) is 13.9 Å². The molecule has 1 saturated heterocycles. The number of ether oxygens (including phenoxy) is 1. The first-order valence-electron chi connectivity index (χ1n) is 8.26. The number of tetrazole rings is 1. The maximum absolute atomic E-state index is 13.1. The van der Waals surface area contributed by atoms with E-state index in [4.69, 9.17) is 9.94 Å². The van der Waals surface area contributed by atoms with Crippen molar-refractivity contribution < 1.29 is 28.0 Å². The number of hydroxylamine groups is 1. The molecule has 12 nitrogen and oxygen atoms in total. The third-order valence-electron chi connectivity index (χ3n) is 4.52. The number of hydrogen-bond acceptors (Lipinski definition) is 9. The summed E-state index contributed by atoms with van der Waals surface area (Å²) >= 11 is 0. The third kappa shape index (κ3) is 3.46. The molecule has 2 aromatic rings. The van der Waals surface area contributed by atoms with Gasteiger partial charge in [0.1, 0.15) is 5.75 Å². The lowest BCUT2D eigenvalue weighted by atomic mass is 9.89. The number of benzene rings is 1. The molecule has 0 spiro atoms. The molecule has 13 heteroatoms. The molecule has 1 atom stereocenters. The third-order valence-corrected chi connectivity index (χ3v) is 6.52. The first kappa shape index (κ1) is 19.9. The Labute approximate surface area is 159 Å². The Balaban J connectivity index is 1.84. The lowest BCUT2D eigenvalue weighted by Gasteiger charge is -2.40. The van der Waals surface area contributed by atoms with E-state index in [0.29, 0.717) is 11.6 Å². The zero-order valence-corrected chi connectivity index (χ0v) is 15.6. The Hall–Kier alpha value is -2.90. The summed E-state index contributed by atoms with van der Waals surface area (Å²) in [6.45, 7) is 1.19. The van der Waals surface area contributed by atoms with Crippen LogP contribution in [0.25, 0.3) is 0 Å². The number of amides is 1. The largest absolute Gasteiger partial charge is 0.485 e. The van der Waals surface area contributed by atoms with Crippen molar-refractivity contribution in [3.63, 3.8) is 0 Å². The number of sulfonamides is 1. The monoisotopic (exact) mass is 410 g/mol. The second-order valence-electron chi connectivity index (χ2n) is 6.21. The van der Waals surface area contributed by atoms with Crippen molar-refractivity contribution >= 4 is 21.7 Å². The van der Waals surface area contributed by atoms with Crippen molar-refractivity contribution in [3.8, 4) is 5.75 Å². The lowest BCUT2D eigenvalue weighted by Crippen LogP contribution is -2.65. The molecule has 0 bridgehead atoms. The van der Waals surface area contributed by atoms with Crippen molar-refractivity contribution in [2.24, 2.45) is 0 Å². The number of ketones is 1. The Kier molecular flexibility index (Phi) is 5.40.